The normalized spacial score (nSPS) is 10.5. The van der Waals surface area contributed by atoms with E-state index < -0.39 is 11.9 Å². The summed E-state index contributed by atoms with van der Waals surface area (Å²) in [5, 5.41) is 3.04. The van der Waals surface area contributed by atoms with Crippen LogP contribution in [0, 0.1) is 6.92 Å². The van der Waals surface area contributed by atoms with Crippen LogP contribution in [-0.2, 0) is 19.0 Å². The summed E-state index contributed by atoms with van der Waals surface area (Å²) in [6.07, 6.45) is 3.05. The number of hydrogen-bond acceptors (Lipinski definition) is 8. The van der Waals surface area contributed by atoms with Gasteiger partial charge in [-0.05, 0) is 37.8 Å². The van der Waals surface area contributed by atoms with Crippen LogP contribution in [0.25, 0.3) is 0 Å². The number of anilines is 1. The molecule has 26 heavy (non-hydrogen) atoms. The number of amides is 1. The number of carbonyl (C=O) groups excluding carboxylic acids is 3. The van der Waals surface area contributed by atoms with Crippen LogP contribution in [0.15, 0.2) is 0 Å². The molecule has 0 bridgehead atoms. The molecule has 7 nitrogen and oxygen atoms in total. The summed E-state index contributed by atoms with van der Waals surface area (Å²) in [5.74, 6) is -0.460. The van der Waals surface area contributed by atoms with Gasteiger partial charge in [0, 0.05) is 13.5 Å². The summed E-state index contributed by atoms with van der Waals surface area (Å²) >= 11 is 2.68. The first-order chi connectivity index (χ1) is 12.5. The molecule has 1 aromatic rings. The molecule has 0 aliphatic rings. The number of carbonyl (C=O) groups is 3. The summed E-state index contributed by atoms with van der Waals surface area (Å²) in [6, 6.07) is 0. The minimum Gasteiger partial charge on any atom is -0.462 e. The Morgan fingerprint density at radius 1 is 1.15 bits per heavy atom. The number of rotatable bonds is 11. The molecule has 0 fully saturated rings. The topological polar surface area (TPSA) is 90.9 Å². The quantitative estimate of drug-likeness (QED) is 0.448. The molecule has 0 radical (unpaired) electrons. The highest BCUT2D eigenvalue weighted by Gasteiger charge is 2.27. The molecule has 1 aromatic heterocycles. The predicted octanol–water partition coefficient (Wildman–Crippen LogP) is 3.12. The Labute approximate surface area is 161 Å². The van der Waals surface area contributed by atoms with E-state index in [0.29, 0.717) is 17.0 Å². The molecule has 0 aliphatic heterocycles. The molecule has 1 amide bonds. The second-order valence-electron chi connectivity index (χ2n) is 5.25. The fourth-order valence-electron chi connectivity index (χ4n) is 2.09. The number of ether oxygens (including phenoxy) is 3. The van der Waals surface area contributed by atoms with Crippen LogP contribution in [0.5, 0.6) is 0 Å². The van der Waals surface area contributed by atoms with Gasteiger partial charge in [-0.3, -0.25) is 4.79 Å². The third-order valence-electron chi connectivity index (χ3n) is 3.34. The van der Waals surface area contributed by atoms with E-state index >= 15 is 0 Å². The lowest BCUT2D eigenvalue weighted by Crippen LogP contribution is -2.14. The van der Waals surface area contributed by atoms with Crippen LogP contribution in [0.2, 0.25) is 0 Å². The molecule has 146 valence electrons. The van der Waals surface area contributed by atoms with Gasteiger partial charge in [-0.25, -0.2) is 9.59 Å². The monoisotopic (exact) mass is 403 g/mol. The number of thioether (sulfide) groups is 1. The van der Waals surface area contributed by atoms with Crippen LogP contribution in [0.4, 0.5) is 5.00 Å². The van der Waals surface area contributed by atoms with Crippen LogP contribution in [0.1, 0.15) is 45.4 Å². The molecule has 0 unspecified atom stereocenters. The molecule has 9 heteroatoms. The van der Waals surface area contributed by atoms with Crippen molar-refractivity contribution in [1.82, 2.24) is 0 Å². The van der Waals surface area contributed by atoms with Crippen molar-refractivity contribution < 1.29 is 28.6 Å². The molecule has 0 aliphatic carbocycles. The van der Waals surface area contributed by atoms with E-state index in [-0.39, 0.29) is 36.2 Å². The van der Waals surface area contributed by atoms with E-state index in [9.17, 15) is 14.4 Å². The van der Waals surface area contributed by atoms with Gasteiger partial charge in [0.25, 0.3) is 0 Å². The first-order valence-electron chi connectivity index (χ1n) is 8.21. The first-order valence-corrected chi connectivity index (χ1v) is 10.4. The molecule has 1 rings (SSSR count). The number of esters is 2. The number of nitrogens with one attached hydrogen (secondary N) is 1. The van der Waals surface area contributed by atoms with Crippen LogP contribution in [0.3, 0.4) is 0 Å². The maximum Gasteiger partial charge on any atom is 0.348 e. The fraction of sp³-hybridized carbons (Fsp3) is 0.588. The predicted molar refractivity (Wildman–Crippen MR) is 103 cm³/mol. The largest absolute Gasteiger partial charge is 0.462 e. The van der Waals surface area contributed by atoms with Gasteiger partial charge in [-0.1, -0.05) is 0 Å². The van der Waals surface area contributed by atoms with E-state index in [2.05, 4.69) is 5.32 Å². The third-order valence-corrected chi connectivity index (χ3v) is 5.22. The lowest BCUT2D eigenvalue weighted by atomic mass is 10.1. The van der Waals surface area contributed by atoms with Gasteiger partial charge in [0.05, 0.1) is 18.8 Å². The van der Waals surface area contributed by atoms with E-state index in [1.165, 1.54) is 7.11 Å². The summed E-state index contributed by atoms with van der Waals surface area (Å²) < 4.78 is 15.0. The molecule has 0 saturated heterocycles. The Kier molecular flexibility index (Phi) is 10.3. The Hall–Kier alpha value is -1.58. The van der Waals surface area contributed by atoms with Crippen molar-refractivity contribution in [2.24, 2.45) is 0 Å². The van der Waals surface area contributed by atoms with Gasteiger partial charge >= 0.3 is 11.9 Å². The van der Waals surface area contributed by atoms with Gasteiger partial charge in [0.1, 0.15) is 16.5 Å². The molecular formula is C17H25NO6S2. The van der Waals surface area contributed by atoms with Crippen molar-refractivity contribution in [2.45, 2.75) is 26.7 Å². The molecule has 0 saturated carbocycles. The average Bonchev–Trinajstić information content (AvgIpc) is 2.91. The average molecular weight is 404 g/mol. The highest BCUT2D eigenvalue weighted by atomic mass is 32.2. The zero-order valence-corrected chi connectivity index (χ0v) is 17.1. The van der Waals surface area contributed by atoms with Crippen molar-refractivity contribution in [3.8, 4) is 0 Å². The standard InChI is InChI=1S/C17H25NO6S2/c1-5-23-16(20)13-11(2)14(17(21)24-9-8-22-3)26-15(13)18-12(19)7-6-10-25-4/h5-10H2,1-4H3,(H,18,19). The Morgan fingerprint density at radius 3 is 2.50 bits per heavy atom. The second-order valence-corrected chi connectivity index (χ2v) is 7.26. The fourth-order valence-corrected chi connectivity index (χ4v) is 3.63. The minimum absolute atomic E-state index is 0.109. The number of hydrogen-bond donors (Lipinski definition) is 1. The summed E-state index contributed by atoms with van der Waals surface area (Å²) in [6.45, 7) is 3.92. The van der Waals surface area contributed by atoms with Crippen LogP contribution >= 0.6 is 23.1 Å². The molecule has 1 N–H and O–H groups in total. The molecule has 1 heterocycles. The van der Waals surface area contributed by atoms with Crippen LogP contribution in [-0.4, -0.2) is 56.8 Å². The van der Waals surface area contributed by atoms with Gasteiger partial charge in [-0.2, -0.15) is 11.8 Å². The van der Waals surface area contributed by atoms with E-state index in [1.54, 1.807) is 25.6 Å². The lowest BCUT2D eigenvalue weighted by molar-refractivity contribution is -0.116. The Balaban J connectivity index is 3.02. The van der Waals surface area contributed by atoms with Crippen LogP contribution < -0.4 is 5.32 Å². The first kappa shape index (κ1) is 22.5. The van der Waals surface area contributed by atoms with Gasteiger partial charge in [-0.15, -0.1) is 11.3 Å². The van der Waals surface area contributed by atoms with E-state index in [0.717, 1.165) is 23.5 Å². The number of thiophene rings is 1. The maximum absolute atomic E-state index is 12.3. The van der Waals surface area contributed by atoms with Crippen molar-refractivity contribution in [3.63, 3.8) is 0 Å². The van der Waals surface area contributed by atoms with E-state index in [4.69, 9.17) is 14.2 Å². The number of methoxy groups -OCH3 is 1. The van der Waals surface area contributed by atoms with Crippen molar-refractivity contribution in [3.05, 3.63) is 16.0 Å². The Morgan fingerprint density at radius 2 is 1.88 bits per heavy atom. The maximum atomic E-state index is 12.3. The minimum atomic E-state index is -0.573. The van der Waals surface area contributed by atoms with Crippen molar-refractivity contribution in [2.75, 3.05) is 44.3 Å². The summed E-state index contributed by atoms with van der Waals surface area (Å²) in [7, 11) is 1.51. The summed E-state index contributed by atoms with van der Waals surface area (Å²) in [4.78, 5) is 36.9. The van der Waals surface area contributed by atoms with Crippen molar-refractivity contribution >= 4 is 45.9 Å². The van der Waals surface area contributed by atoms with Gasteiger partial charge in [0.15, 0.2) is 0 Å². The molecular weight excluding hydrogens is 378 g/mol. The second kappa shape index (κ2) is 11.9. The molecule has 0 spiro atoms. The zero-order chi connectivity index (χ0) is 19.5. The van der Waals surface area contributed by atoms with Crippen molar-refractivity contribution in [1.29, 1.82) is 0 Å². The summed E-state index contributed by atoms with van der Waals surface area (Å²) in [5.41, 5.74) is 0.643. The van der Waals surface area contributed by atoms with E-state index in [1.807, 2.05) is 6.26 Å². The highest BCUT2D eigenvalue weighted by molar-refractivity contribution is 7.98. The third kappa shape index (κ3) is 6.62. The SMILES string of the molecule is CCOC(=O)c1c(NC(=O)CCCSC)sc(C(=O)OCCOC)c1C. The molecule has 0 aromatic carbocycles. The van der Waals surface area contributed by atoms with Gasteiger partial charge < -0.3 is 19.5 Å². The lowest BCUT2D eigenvalue weighted by Gasteiger charge is -2.07. The molecule has 0 atom stereocenters. The zero-order valence-electron chi connectivity index (χ0n) is 15.5. The smallest absolute Gasteiger partial charge is 0.348 e. The highest BCUT2D eigenvalue weighted by Crippen LogP contribution is 2.34. The Bertz CT molecular complexity index is 629. The van der Waals surface area contributed by atoms with Gasteiger partial charge in [0.2, 0.25) is 5.91 Å².